The molecule has 0 atom stereocenters. The minimum atomic E-state index is -0.137. The fourth-order valence-electron chi connectivity index (χ4n) is 1.74. The number of anilines is 1. The highest BCUT2D eigenvalue weighted by Gasteiger charge is 2.18. The molecule has 0 saturated carbocycles. The van der Waals surface area contributed by atoms with Crippen molar-refractivity contribution in [1.29, 1.82) is 0 Å². The van der Waals surface area contributed by atoms with Gasteiger partial charge in [-0.1, -0.05) is 6.07 Å². The van der Waals surface area contributed by atoms with Crippen LogP contribution in [0.15, 0.2) is 18.2 Å². The Kier molecular flexibility index (Phi) is 5.45. The van der Waals surface area contributed by atoms with E-state index >= 15 is 0 Å². The van der Waals surface area contributed by atoms with Crippen LogP contribution < -0.4 is 10.5 Å². The van der Waals surface area contributed by atoms with Crippen molar-refractivity contribution in [2.75, 3.05) is 32.5 Å². The van der Waals surface area contributed by atoms with Gasteiger partial charge in [0.2, 0.25) is 0 Å². The number of nitrogens with zero attached hydrogens (tertiary/aromatic N) is 1. The lowest BCUT2D eigenvalue weighted by Gasteiger charge is -2.21. The van der Waals surface area contributed by atoms with Crippen LogP contribution in [0.1, 0.15) is 23.7 Å². The third-order valence-electron chi connectivity index (χ3n) is 2.77. The lowest BCUT2D eigenvalue weighted by Crippen LogP contribution is -2.32. The van der Waals surface area contributed by atoms with Crippen LogP contribution in [0.4, 0.5) is 5.69 Å². The number of amides is 1. The number of nitrogen functional groups attached to an aromatic ring is 1. The van der Waals surface area contributed by atoms with Crippen molar-refractivity contribution >= 4 is 11.6 Å². The molecule has 1 amide bonds. The molecule has 0 aliphatic carbocycles. The minimum absolute atomic E-state index is 0.0668. The highest BCUT2D eigenvalue weighted by atomic mass is 16.5. The van der Waals surface area contributed by atoms with Gasteiger partial charge in [0.1, 0.15) is 5.75 Å². The first-order valence-electron chi connectivity index (χ1n) is 5.98. The predicted octanol–water partition coefficient (Wildman–Crippen LogP) is 1.12. The van der Waals surface area contributed by atoms with Crippen LogP contribution in [0.2, 0.25) is 0 Å². The zero-order valence-corrected chi connectivity index (χ0v) is 10.8. The summed E-state index contributed by atoms with van der Waals surface area (Å²) >= 11 is 0. The summed E-state index contributed by atoms with van der Waals surface area (Å²) in [5.41, 5.74) is 6.69. The molecule has 5 heteroatoms. The molecule has 0 spiro atoms. The Morgan fingerprint density at radius 2 is 2.22 bits per heavy atom. The third-order valence-corrected chi connectivity index (χ3v) is 2.77. The van der Waals surface area contributed by atoms with Gasteiger partial charge in [0, 0.05) is 19.7 Å². The molecule has 18 heavy (non-hydrogen) atoms. The molecular weight excluding hydrogens is 232 g/mol. The molecule has 0 aliphatic rings. The van der Waals surface area contributed by atoms with E-state index in [1.165, 1.54) is 7.11 Å². The summed E-state index contributed by atoms with van der Waals surface area (Å²) in [6.07, 6.45) is 0.559. The van der Waals surface area contributed by atoms with Crippen LogP contribution in [0.3, 0.4) is 0 Å². The maximum absolute atomic E-state index is 12.3. The van der Waals surface area contributed by atoms with Gasteiger partial charge in [-0.25, -0.2) is 0 Å². The quantitative estimate of drug-likeness (QED) is 0.744. The molecule has 0 aliphatic heterocycles. The fraction of sp³-hybridized carbons (Fsp3) is 0.462. The maximum atomic E-state index is 12.3. The van der Waals surface area contributed by atoms with Crippen LogP contribution in [-0.2, 0) is 0 Å². The monoisotopic (exact) mass is 252 g/mol. The Bertz CT molecular complexity index is 407. The number of aliphatic hydroxyl groups excluding tert-OH is 1. The summed E-state index contributed by atoms with van der Waals surface area (Å²) in [7, 11) is 1.52. The second-order valence-corrected chi connectivity index (χ2v) is 3.88. The molecule has 0 saturated heterocycles. The van der Waals surface area contributed by atoms with Gasteiger partial charge in [-0.15, -0.1) is 0 Å². The van der Waals surface area contributed by atoms with E-state index in [0.717, 1.165) is 0 Å². The summed E-state index contributed by atoms with van der Waals surface area (Å²) in [5, 5.41) is 8.82. The van der Waals surface area contributed by atoms with E-state index in [0.29, 0.717) is 36.5 Å². The molecular formula is C13H20N2O3. The van der Waals surface area contributed by atoms with Gasteiger partial charge in [0.25, 0.3) is 5.91 Å². The Labute approximate surface area is 107 Å². The number of hydrogen-bond donors (Lipinski definition) is 2. The van der Waals surface area contributed by atoms with E-state index in [1.807, 2.05) is 6.92 Å². The highest BCUT2D eigenvalue weighted by Crippen LogP contribution is 2.25. The number of hydrogen-bond acceptors (Lipinski definition) is 4. The van der Waals surface area contributed by atoms with E-state index in [2.05, 4.69) is 0 Å². The van der Waals surface area contributed by atoms with Crippen LogP contribution in [0.25, 0.3) is 0 Å². The first-order chi connectivity index (χ1) is 8.65. The number of aliphatic hydroxyl groups is 1. The standard InChI is InChI=1S/C13H20N2O3/c1-3-15(8-5-9-16)13(17)10-6-4-7-11(18-2)12(10)14/h4,6-7,16H,3,5,8-9,14H2,1-2H3. The Balaban J connectivity index is 2.94. The van der Waals surface area contributed by atoms with Crippen LogP contribution in [-0.4, -0.2) is 42.7 Å². The number of carbonyl (C=O) groups excluding carboxylic acids is 1. The van der Waals surface area contributed by atoms with Gasteiger partial charge in [0.05, 0.1) is 18.4 Å². The average Bonchev–Trinajstić information content (AvgIpc) is 2.39. The number of carbonyl (C=O) groups is 1. The Morgan fingerprint density at radius 1 is 1.50 bits per heavy atom. The second-order valence-electron chi connectivity index (χ2n) is 3.88. The van der Waals surface area contributed by atoms with Crippen LogP contribution >= 0.6 is 0 Å². The summed E-state index contributed by atoms with van der Waals surface area (Å²) in [5.74, 6) is 0.362. The lowest BCUT2D eigenvalue weighted by molar-refractivity contribution is 0.0755. The van der Waals surface area contributed by atoms with E-state index in [1.54, 1.807) is 23.1 Å². The summed E-state index contributed by atoms with van der Waals surface area (Å²) in [6.45, 7) is 3.06. The fourth-order valence-corrected chi connectivity index (χ4v) is 1.74. The van der Waals surface area contributed by atoms with Crippen molar-refractivity contribution < 1.29 is 14.6 Å². The zero-order chi connectivity index (χ0) is 13.5. The van der Waals surface area contributed by atoms with E-state index < -0.39 is 0 Å². The molecule has 1 aromatic carbocycles. The molecule has 0 heterocycles. The third kappa shape index (κ3) is 3.13. The SMILES string of the molecule is CCN(CCCO)C(=O)c1cccc(OC)c1N. The molecule has 0 unspecified atom stereocenters. The Hall–Kier alpha value is -1.75. The van der Waals surface area contributed by atoms with Gasteiger partial charge in [-0.05, 0) is 25.5 Å². The van der Waals surface area contributed by atoms with Crippen molar-refractivity contribution in [2.45, 2.75) is 13.3 Å². The van der Waals surface area contributed by atoms with Crippen molar-refractivity contribution in [3.63, 3.8) is 0 Å². The molecule has 3 N–H and O–H groups in total. The normalized spacial score (nSPS) is 10.2. The van der Waals surface area contributed by atoms with Gasteiger partial charge in [-0.3, -0.25) is 4.79 Å². The average molecular weight is 252 g/mol. The van der Waals surface area contributed by atoms with Gasteiger partial charge in [0.15, 0.2) is 0 Å². The minimum Gasteiger partial charge on any atom is -0.495 e. The Morgan fingerprint density at radius 3 is 2.78 bits per heavy atom. The lowest BCUT2D eigenvalue weighted by atomic mass is 10.1. The second kappa shape index (κ2) is 6.86. The predicted molar refractivity (Wildman–Crippen MR) is 70.7 cm³/mol. The van der Waals surface area contributed by atoms with E-state index in [9.17, 15) is 4.79 Å². The van der Waals surface area contributed by atoms with E-state index in [4.69, 9.17) is 15.6 Å². The molecule has 100 valence electrons. The first kappa shape index (κ1) is 14.3. The molecule has 0 fully saturated rings. The molecule has 5 nitrogen and oxygen atoms in total. The van der Waals surface area contributed by atoms with Gasteiger partial charge >= 0.3 is 0 Å². The van der Waals surface area contributed by atoms with Crippen molar-refractivity contribution in [2.24, 2.45) is 0 Å². The number of ether oxygens (including phenoxy) is 1. The molecule has 1 aromatic rings. The van der Waals surface area contributed by atoms with E-state index in [-0.39, 0.29) is 12.5 Å². The molecule has 0 bridgehead atoms. The van der Waals surface area contributed by atoms with Crippen molar-refractivity contribution in [1.82, 2.24) is 4.90 Å². The molecule has 0 radical (unpaired) electrons. The van der Waals surface area contributed by atoms with Gasteiger partial charge in [-0.2, -0.15) is 0 Å². The first-order valence-corrected chi connectivity index (χ1v) is 5.98. The highest BCUT2D eigenvalue weighted by molar-refractivity contribution is 6.00. The molecule has 1 rings (SSSR count). The summed E-state index contributed by atoms with van der Waals surface area (Å²) < 4.78 is 5.09. The van der Waals surface area contributed by atoms with Crippen molar-refractivity contribution in [3.8, 4) is 5.75 Å². The number of rotatable bonds is 6. The summed E-state index contributed by atoms with van der Waals surface area (Å²) in [4.78, 5) is 13.9. The largest absolute Gasteiger partial charge is 0.495 e. The number of para-hydroxylation sites is 1. The van der Waals surface area contributed by atoms with Crippen LogP contribution in [0.5, 0.6) is 5.75 Å². The smallest absolute Gasteiger partial charge is 0.256 e. The maximum Gasteiger partial charge on any atom is 0.256 e. The summed E-state index contributed by atoms with van der Waals surface area (Å²) in [6, 6.07) is 5.14. The van der Waals surface area contributed by atoms with Crippen LogP contribution in [0, 0.1) is 0 Å². The molecule has 0 aromatic heterocycles. The zero-order valence-electron chi connectivity index (χ0n) is 10.8. The van der Waals surface area contributed by atoms with Gasteiger partial charge < -0.3 is 20.5 Å². The topological polar surface area (TPSA) is 75.8 Å². The van der Waals surface area contributed by atoms with Crippen molar-refractivity contribution in [3.05, 3.63) is 23.8 Å². The number of nitrogens with two attached hydrogens (primary N) is 1. The number of benzene rings is 1. The number of methoxy groups -OCH3 is 1.